The van der Waals surface area contributed by atoms with Gasteiger partial charge in [-0.25, -0.2) is 9.18 Å². The Morgan fingerprint density at radius 1 is 1.12 bits per heavy atom. The number of ether oxygens (including phenoxy) is 1. The van der Waals surface area contributed by atoms with E-state index in [1.54, 1.807) is 55.4 Å². The Kier molecular flexibility index (Phi) is 6.68. The van der Waals surface area contributed by atoms with Crippen molar-refractivity contribution in [3.05, 3.63) is 82.8 Å². The summed E-state index contributed by atoms with van der Waals surface area (Å²) in [5.74, 6) is -0.283. The van der Waals surface area contributed by atoms with E-state index in [1.165, 1.54) is 16.8 Å². The van der Waals surface area contributed by atoms with E-state index in [0.717, 1.165) is 23.2 Å². The third-order valence-corrected chi connectivity index (χ3v) is 6.34. The minimum absolute atomic E-state index is 0.0260. The van der Waals surface area contributed by atoms with Crippen LogP contribution in [0, 0.1) is 12.7 Å². The number of amides is 2. The van der Waals surface area contributed by atoms with Crippen molar-refractivity contribution in [2.45, 2.75) is 38.8 Å². The van der Waals surface area contributed by atoms with Gasteiger partial charge in [0.1, 0.15) is 12.4 Å². The van der Waals surface area contributed by atoms with Gasteiger partial charge in [0.25, 0.3) is 5.91 Å². The third kappa shape index (κ3) is 4.53. The van der Waals surface area contributed by atoms with Gasteiger partial charge in [-0.15, -0.1) is 0 Å². The van der Waals surface area contributed by atoms with Crippen molar-refractivity contribution in [3.63, 3.8) is 0 Å². The van der Waals surface area contributed by atoms with E-state index >= 15 is 0 Å². The van der Waals surface area contributed by atoms with Crippen LogP contribution in [0.3, 0.4) is 0 Å². The summed E-state index contributed by atoms with van der Waals surface area (Å²) in [6.07, 6.45) is 0.746. The smallest absolute Gasteiger partial charge is 0.319 e. The number of hydrogen-bond acceptors (Lipinski definition) is 4. The van der Waals surface area contributed by atoms with Crippen LogP contribution in [0.15, 0.2) is 54.6 Å². The first-order chi connectivity index (χ1) is 16.3. The van der Waals surface area contributed by atoms with Crippen LogP contribution in [0.5, 0.6) is 5.88 Å². The van der Waals surface area contributed by atoms with Crippen LogP contribution in [0.2, 0.25) is 0 Å². The monoisotopic (exact) mass is 464 g/mol. The highest BCUT2D eigenvalue weighted by Crippen LogP contribution is 2.38. The van der Waals surface area contributed by atoms with Crippen LogP contribution in [-0.4, -0.2) is 58.2 Å². The minimum Gasteiger partial charge on any atom is -0.472 e. The average molecular weight is 465 g/mol. The Bertz CT molecular complexity index is 1170. The Morgan fingerprint density at radius 2 is 1.79 bits per heavy atom. The molecule has 0 spiro atoms. The van der Waals surface area contributed by atoms with Gasteiger partial charge < -0.3 is 14.5 Å². The van der Waals surface area contributed by atoms with Gasteiger partial charge >= 0.3 is 6.03 Å². The van der Waals surface area contributed by atoms with Crippen molar-refractivity contribution < 1.29 is 18.7 Å². The number of benzene rings is 2. The number of rotatable bonds is 5. The molecule has 0 radical (unpaired) electrons. The first-order valence-electron chi connectivity index (χ1n) is 11.3. The summed E-state index contributed by atoms with van der Waals surface area (Å²) in [6, 6.07) is 14.8. The second-order valence-electron chi connectivity index (χ2n) is 8.82. The van der Waals surface area contributed by atoms with E-state index in [-0.39, 0.29) is 36.3 Å². The van der Waals surface area contributed by atoms with Crippen molar-refractivity contribution in [1.82, 2.24) is 19.6 Å². The first-order valence-corrected chi connectivity index (χ1v) is 11.3. The second kappa shape index (κ2) is 9.67. The maximum Gasteiger partial charge on any atom is 0.319 e. The summed E-state index contributed by atoms with van der Waals surface area (Å²) < 4.78 is 20.7. The number of aromatic nitrogens is 2. The van der Waals surface area contributed by atoms with Crippen molar-refractivity contribution in [1.29, 1.82) is 0 Å². The Labute approximate surface area is 198 Å². The molecule has 3 aromatic rings. The van der Waals surface area contributed by atoms with E-state index in [2.05, 4.69) is 0 Å². The van der Waals surface area contributed by atoms with Crippen LogP contribution < -0.4 is 4.74 Å². The molecule has 0 bridgehead atoms. The molecule has 2 heterocycles. The van der Waals surface area contributed by atoms with E-state index in [9.17, 15) is 14.0 Å². The lowest BCUT2D eigenvalue weighted by Crippen LogP contribution is -2.42. The van der Waals surface area contributed by atoms with Gasteiger partial charge in [-0.3, -0.25) is 4.79 Å². The van der Waals surface area contributed by atoms with E-state index in [0.29, 0.717) is 18.0 Å². The summed E-state index contributed by atoms with van der Waals surface area (Å²) in [6.45, 7) is 4.68. The molecule has 0 aliphatic carbocycles. The molecule has 1 fully saturated rings. The topological polar surface area (TPSA) is 67.7 Å². The maximum atomic E-state index is 13.3. The fourth-order valence-electron chi connectivity index (χ4n) is 4.42. The van der Waals surface area contributed by atoms with Crippen LogP contribution >= 0.6 is 0 Å². The van der Waals surface area contributed by atoms with Crippen LogP contribution in [0.4, 0.5) is 9.18 Å². The van der Waals surface area contributed by atoms with Crippen LogP contribution in [0.1, 0.15) is 46.4 Å². The van der Waals surface area contributed by atoms with Crippen molar-refractivity contribution in [3.8, 4) is 5.88 Å². The molecule has 0 N–H and O–H groups in total. The Hall–Kier alpha value is -3.68. The lowest BCUT2D eigenvalue weighted by atomic mass is 9.95. The van der Waals surface area contributed by atoms with Crippen LogP contribution in [0.25, 0.3) is 0 Å². The zero-order valence-corrected chi connectivity index (χ0v) is 19.9. The minimum atomic E-state index is -0.321. The summed E-state index contributed by atoms with van der Waals surface area (Å²) >= 11 is 0. The predicted molar refractivity (Wildman–Crippen MR) is 126 cm³/mol. The summed E-state index contributed by atoms with van der Waals surface area (Å²) in [5.41, 5.74) is 2.79. The number of carbonyl (C=O) groups excluding carboxylic acids is 2. The number of halogens is 1. The number of nitrogens with zero attached hydrogens (tertiary/aromatic N) is 4. The molecule has 1 saturated heterocycles. The fourth-order valence-corrected chi connectivity index (χ4v) is 4.42. The zero-order valence-electron chi connectivity index (χ0n) is 19.9. The SMILES string of the molecule is Cc1c(C2CCN(C(=O)N(C)C)C2C)nn(C(=O)c2ccccc2)c1OCc1ccc(F)cc1. The summed E-state index contributed by atoms with van der Waals surface area (Å²) in [5, 5.41) is 4.71. The predicted octanol–water partition coefficient (Wildman–Crippen LogP) is 4.46. The molecular weight excluding hydrogens is 435 g/mol. The number of carbonyl (C=O) groups is 2. The van der Waals surface area contributed by atoms with Gasteiger partial charge in [0.15, 0.2) is 0 Å². The standard InChI is InChI=1S/C26H29FN4O3/c1-17-23(22-14-15-30(18(22)2)26(33)29(3)4)28-31(24(32)20-8-6-5-7-9-20)25(17)34-16-19-10-12-21(27)13-11-19/h5-13,18,22H,14-16H2,1-4H3. The average Bonchev–Trinajstić information content (AvgIpc) is 3.37. The molecule has 2 aromatic carbocycles. The largest absolute Gasteiger partial charge is 0.472 e. The molecule has 2 unspecified atom stereocenters. The fraction of sp³-hybridized carbons (Fsp3) is 0.346. The Balaban J connectivity index is 1.68. The maximum absolute atomic E-state index is 13.3. The van der Waals surface area contributed by atoms with E-state index in [4.69, 9.17) is 9.84 Å². The van der Waals surface area contributed by atoms with Gasteiger partial charge in [0, 0.05) is 43.7 Å². The molecule has 1 aliphatic rings. The molecule has 2 atom stereocenters. The lowest BCUT2D eigenvalue weighted by Gasteiger charge is -2.27. The Morgan fingerprint density at radius 3 is 2.44 bits per heavy atom. The molecule has 178 valence electrons. The van der Waals surface area contributed by atoms with Crippen LogP contribution in [-0.2, 0) is 6.61 Å². The highest BCUT2D eigenvalue weighted by molar-refractivity contribution is 5.96. The number of urea groups is 1. The van der Waals surface area contributed by atoms with Gasteiger partial charge in [-0.2, -0.15) is 9.78 Å². The lowest BCUT2D eigenvalue weighted by molar-refractivity contribution is 0.0927. The molecule has 1 aromatic heterocycles. The summed E-state index contributed by atoms with van der Waals surface area (Å²) in [4.78, 5) is 29.3. The molecule has 0 saturated carbocycles. The molecule has 4 rings (SSSR count). The van der Waals surface area contributed by atoms with Crippen molar-refractivity contribution in [2.75, 3.05) is 20.6 Å². The second-order valence-corrected chi connectivity index (χ2v) is 8.82. The van der Waals surface area contributed by atoms with Crippen molar-refractivity contribution >= 4 is 11.9 Å². The van der Waals surface area contributed by atoms with Crippen molar-refractivity contribution in [2.24, 2.45) is 0 Å². The normalized spacial score (nSPS) is 17.6. The number of hydrogen-bond donors (Lipinski definition) is 0. The van der Waals surface area contributed by atoms with Gasteiger partial charge in [0.05, 0.1) is 5.69 Å². The first kappa shape index (κ1) is 23.5. The molecule has 7 nitrogen and oxygen atoms in total. The molecular formula is C26H29FN4O3. The highest BCUT2D eigenvalue weighted by atomic mass is 19.1. The van der Waals surface area contributed by atoms with Gasteiger partial charge in [-0.05, 0) is 50.1 Å². The number of likely N-dealkylation sites (tertiary alicyclic amines) is 1. The zero-order chi connectivity index (χ0) is 24.4. The van der Waals surface area contributed by atoms with E-state index in [1.807, 2.05) is 24.8 Å². The molecule has 1 aliphatic heterocycles. The van der Waals surface area contributed by atoms with E-state index < -0.39 is 0 Å². The summed E-state index contributed by atoms with van der Waals surface area (Å²) in [7, 11) is 3.48. The quantitative estimate of drug-likeness (QED) is 0.559. The highest BCUT2D eigenvalue weighted by Gasteiger charge is 2.39. The van der Waals surface area contributed by atoms with Gasteiger partial charge in [0.2, 0.25) is 5.88 Å². The molecule has 34 heavy (non-hydrogen) atoms. The third-order valence-electron chi connectivity index (χ3n) is 6.34. The molecule has 8 heteroatoms. The van der Waals surface area contributed by atoms with Gasteiger partial charge in [-0.1, -0.05) is 30.3 Å². The molecule has 2 amide bonds.